The van der Waals surface area contributed by atoms with Gasteiger partial charge in [-0.25, -0.2) is 8.42 Å². The monoisotopic (exact) mass is 407 g/mol. The topological polar surface area (TPSA) is 89.5 Å². The van der Waals surface area contributed by atoms with Crippen LogP contribution in [0.15, 0.2) is 41.1 Å². The van der Waals surface area contributed by atoms with Crippen LogP contribution < -0.4 is 4.74 Å². The maximum atomic E-state index is 12.7. The first-order valence-corrected chi connectivity index (χ1v) is 11.2. The van der Waals surface area contributed by atoms with Crippen LogP contribution in [0.4, 0.5) is 0 Å². The number of amides is 1. The largest absolute Gasteiger partial charge is 0.490 e. The number of nitrogens with zero attached hydrogens (tertiary/aromatic N) is 3. The van der Waals surface area contributed by atoms with Crippen LogP contribution >= 0.6 is 11.5 Å². The molecule has 144 valence electrons. The molecule has 1 saturated heterocycles. The van der Waals surface area contributed by atoms with Crippen LogP contribution in [0.5, 0.6) is 5.75 Å². The fourth-order valence-electron chi connectivity index (χ4n) is 3.08. The molecule has 3 rings (SSSR count). The van der Waals surface area contributed by atoms with Gasteiger partial charge in [0.15, 0.2) is 14.0 Å². The Labute approximate surface area is 162 Å². The molecule has 0 aliphatic carbocycles. The number of hydrogen-bond donors (Lipinski definition) is 0. The van der Waals surface area contributed by atoms with Crippen LogP contribution in [-0.2, 0) is 9.84 Å². The molecule has 27 heavy (non-hydrogen) atoms. The molecule has 0 saturated carbocycles. The van der Waals surface area contributed by atoms with Gasteiger partial charge in [-0.15, -0.1) is 5.10 Å². The predicted molar refractivity (Wildman–Crippen MR) is 103 cm³/mol. The van der Waals surface area contributed by atoms with Gasteiger partial charge in [0.05, 0.1) is 5.69 Å². The van der Waals surface area contributed by atoms with Crippen LogP contribution in [0, 0.1) is 0 Å². The Morgan fingerprint density at radius 2 is 2.00 bits per heavy atom. The van der Waals surface area contributed by atoms with Crippen molar-refractivity contribution in [1.29, 1.82) is 0 Å². The minimum atomic E-state index is -3.33. The number of aromatic nitrogens is 2. The summed E-state index contributed by atoms with van der Waals surface area (Å²) in [6.07, 6.45) is 4.17. The first-order chi connectivity index (χ1) is 12.9. The first kappa shape index (κ1) is 19.5. The molecule has 1 fully saturated rings. The summed E-state index contributed by atoms with van der Waals surface area (Å²) in [6, 6.07) is 7.03. The third-order valence-corrected chi connectivity index (χ3v) is 7.01. The Balaban J connectivity index is 1.63. The number of carbonyl (C=O) groups is 1. The molecule has 9 heteroatoms. The molecule has 0 atom stereocenters. The van der Waals surface area contributed by atoms with Crippen LogP contribution in [-0.4, -0.2) is 54.8 Å². The van der Waals surface area contributed by atoms with Gasteiger partial charge in [0, 0.05) is 42.4 Å². The zero-order chi connectivity index (χ0) is 19.4. The molecule has 1 aliphatic rings. The lowest BCUT2D eigenvalue weighted by Crippen LogP contribution is -2.38. The second-order valence-corrected chi connectivity index (χ2v) is 9.37. The number of piperidine rings is 1. The molecule has 0 spiro atoms. The predicted octanol–water partition coefficient (Wildman–Crippen LogP) is 2.53. The number of hydrogen-bond acceptors (Lipinski definition) is 7. The average molecular weight is 408 g/mol. The van der Waals surface area contributed by atoms with E-state index in [1.165, 1.54) is 6.26 Å². The number of ether oxygens (including phenoxy) is 1. The van der Waals surface area contributed by atoms with E-state index in [1.54, 1.807) is 35.2 Å². The third-order valence-electron chi connectivity index (χ3n) is 4.46. The molecular formula is C18H21N3O4S2. The van der Waals surface area contributed by atoms with Gasteiger partial charge in [0.2, 0.25) is 0 Å². The molecule has 2 heterocycles. The summed E-state index contributed by atoms with van der Waals surface area (Å²) in [6.45, 7) is 5.13. The highest BCUT2D eigenvalue weighted by Gasteiger charge is 2.30. The minimum absolute atomic E-state index is 0.00667. The molecule has 7 nitrogen and oxygen atoms in total. The summed E-state index contributed by atoms with van der Waals surface area (Å²) in [7, 11) is -3.33. The van der Waals surface area contributed by atoms with E-state index >= 15 is 0 Å². The maximum Gasteiger partial charge on any atom is 0.253 e. The highest BCUT2D eigenvalue weighted by molar-refractivity contribution is 7.92. The van der Waals surface area contributed by atoms with Gasteiger partial charge in [-0.05, 0) is 37.1 Å². The van der Waals surface area contributed by atoms with E-state index in [-0.39, 0.29) is 16.0 Å². The van der Waals surface area contributed by atoms with E-state index < -0.39 is 9.84 Å². The summed E-state index contributed by atoms with van der Waals surface area (Å²) in [5.74, 6) is 0.658. The fraction of sp³-hybridized carbons (Fsp3) is 0.389. The van der Waals surface area contributed by atoms with Crippen molar-refractivity contribution in [3.8, 4) is 5.75 Å². The second kappa shape index (κ2) is 8.18. The standard InChI is InChI=1S/C18H21N3O4S2/c1-3-12-25-15-6-4-14(5-7-15)17(22)21-10-8-13(9-11-21)16-18(26-20-19-16)27(2,23)24/h3-7,13H,1,8-12H2,2H3. The number of benzene rings is 1. The van der Waals surface area contributed by atoms with Crippen molar-refractivity contribution in [2.45, 2.75) is 23.0 Å². The van der Waals surface area contributed by atoms with Crippen molar-refractivity contribution in [2.24, 2.45) is 0 Å². The van der Waals surface area contributed by atoms with Crippen molar-refractivity contribution in [1.82, 2.24) is 14.5 Å². The molecule has 1 aliphatic heterocycles. The Bertz CT molecular complexity index is 914. The Morgan fingerprint density at radius 1 is 1.33 bits per heavy atom. The lowest BCUT2D eigenvalue weighted by Gasteiger charge is -2.31. The molecule has 1 aromatic heterocycles. The number of rotatable bonds is 6. The number of sulfone groups is 1. The van der Waals surface area contributed by atoms with E-state index in [1.807, 2.05) is 0 Å². The Kier molecular flexibility index (Phi) is 5.91. The lowest BCUT2D eigenvalue weighted by molar-refractivity contribution is 0.0711. The first-order valence-electron chi connectivity index (χ1n) is 8.55. The number of likely N-dealkylation sites (tertiary alicyclic amines) is 1. The lowest BCUT2D eigenvalue weighted by atomic mass is 9.94. The average Bonchev–Trinajstić information content (AvgIpc) is 3.17. The normalized spacial score (nSPS) is 15.5. The maximum absolute atomic E-state index is 12.7. The van der Waals surface area contributed by atoms with Crippen molar-refractivity contribution < 1.29 is 17.9 Å². The summed E-state index contributed by atoms with van der Waals surface area (Å²) in [5.41, 5.74) is 1.14. The Morgan fingerprint density at radius 3 is 2.59 bits per heavy atom. The molecule has 0 unspecified atom stereocenters. The second-order valence-electron chi connectivity index (χ2n) is 6.41. The Hall–Kier alpha value is -2.26. The fourth-order valence-corrected chi connectivity index (χ4v) is 4.82. The quantitative estimate of drug-likeness (QED) is 0.684. The summed E-state index contributed by atoms with van der Waals surface area (Å²) in [4.78, 5) is 14.5. The summed E-state index contributed by atoms with van der Waals surface area (Å²) < 4.78 is 33.2. The van der Waals surface area contributed by atoms with Gasteiger partial charge in [0.1, 0.15) is 12.4 Å². The smallest absolute Gasteiger partial charge is 0.253 e. The van der Waals surface area contributed by atoms with Crippen LogP contribution in [0.1, 0.15) is 34.8 Å². The van der Waals surface area contributed by atoms with Crippen molar-refractivity contribution in [2.75, 3.05) is 26.0 Å². The van der Waals surface area contributed by atoms with Crippen LogP contribution in [0.3, 0.4) is 0 Å². The molecule has 2 aromatic rings. The number of carbonyl (C=O) groups excluding carboxylic acids is 1. The van der Waals surface area contributed by atoms with E-state index in [9.17, 15) is 13.2 Å². The molecule has 0 N–H and O–H groups in total. The van der Waals surface area contributed by atoms with Gasteiger partial charge >= 0.3 is 0 Å². The van der Waals surface area contributed by atoms with Crippen LogP contribution in [0.2, 0.25) is 0 Å². The zero-order valence-electron chi connectivity index (χ0n) is 15.0. The van der Waals surface area contributed by atoms with E-state index in [0.29, 0.717) is 49.5 Å². The van der Waals surface area contributed by atoms with Gasteiger partial charge in [-0.2, -0.15) is 0 Å². The highest BCUT2D eigenvalue weighted by Crippen LogP contribution is 2.33. The van der Waals surface area contributed by atoms with Crippen molar-refractivity contribution in [3.05, 3.63) is 48.2 Å². The SMILES string of the molecule is C=CCOc1ccc(C(=O)N2CCC(c3nnsc3S(C)(=O)=O)CC2)cc1. The molecule has 1 amide bonds. The minimum Gasteiger partial charge on any atom is -0.490 e. The van der Waals surface area contributed by atoms with E-state index in [0.717, 1.165) is 11.5 Å². The van der Waals surface area contributed by atoms with Crippen molar-refractivity contribution >= 4 is 27.3 Å². The molecule has 0 bridgehead atoms. The highest BCUT2D eigenvalue weighted by atomic mass is 32.2. The third kappa shape index (κ3) is 4.54. The summed E-state index contributed by atoms with van der Waals surface area (Å²) in [5, 5.41) is 4.03. The van der Waals surface area contributed by atoms with Crippen LogP contribution in [0.25, 0.3) is 0 Å². The molecule has 1 aromatic carbocycles. The summed E-state index contributed by atoms with van der Waals surface area (Å²) >= 11 is 0.913. The van der Waals surface area contributed by atoms with Crippen molar-refractivity contribution in [3.63, 3.8) is 0 Å². The van der Waals surface area contributed by atoms with Gasteiger partial charge in [-0.1, -0.05) is 17.1 Å². The molecular weight excluding hydrogens is 386 g/mol. The van der Waals surface area contributed by atoms with E-state index in [4.69, 9.17) is 4.74 Å². The van der Waals surface area contributed by atoms with Gasteiger partial charge in [-0.3, -0.25) is 4.79 Å². The van der Waals surface area contributed by atoms with E-state index in [2.05, 4.69) is 16.2 Å². The van der Waals surface area contributed by atoms with Gasteiger partial charge < -0.3 is 9.64 Å². The molecule has 0 radical (unpaired) electrons. The zero-order valence-corrected chi connectivity index (χ0v) is 16.6. The van der Waals surface area contributed by atoms with Gasteiger partial charge in [0.25, 0.3) is 5.91 Å².